The largest absolute Gasteiger partial charge is 0.497 e. The molecule has 0 aliphatic heterocycles. The van der Waals surface area contributed by atoms with E-state index in [1.165, 1.54) is 0 Å². The van der Waals surface area contributed by atoms with E-state index in [0.717, 1.165) is 27.4 Å². The van der Waals surface area contributed by atoms with Gasteiger partial charge in [0.25, 0.3) is 0 Å². The summed E-state index contributed by atoms with van der Waals surface area (Å²) in [6, 6.07) is 9.82. The maximum absolute atomic E-state index is 8.79. The van der Waals surface area contributed by atoms with Crippen LogP contribution in [0.25, 0.3) is 11.4 Å². The number of ether oxygens (including phenoxy) is 1. The number of halogens is 1. The van der Waals surface area contributed by atoms with Crippen LogP contribution in [-0.2, 0) is 13.5 Å². The molecule has 0 N–H and O–H groups in total. The molecule has 1 heterocycles. The molecular formula is C13H12BrN3O. The highest BCUT2D eigenvalue weighted by Crippen LogP contribution is 2.26. The summed E-state index contributed by atoms with van der Waals surface area (Å²) in [7, 11) is 3.54. The topological polar surface area (TPSA) is 50.8 Å². The molecule has 1 aromatic heterocycles. The van der Waals surface area contributed by atoms with Crippen LogP contribution in [0.2, 0.25) is 0 Å². The van der Waals surface area contributed by atoms with E-state index in [1.54, 1.807) is 7.11 Å². The van der Waals surface area contributed by atoms with Crippen molar-refractivity contribution in [2.75, 3.05) is 7.11 Å². The normalized spacial score (nSPS) is 10.1. The van der Waals surface area contributed by atoms with E-state index in [0.29, 0.717) is 6.42 Å². The fourth-order valence-corrected chi connectivity index (χ4v) is 2.34. The number of hydrogen-bond acceptors (Lipinski definition) is 3. The Labute approximate surface area is 114 Å². The van der Waals surface area contributed by atoms with Gasteiger partial charge in [-0.15, -0.1) is 0 Å². The van der Waals surface area contributed by atoms with Gasteiger partial charge in [-0.25, -0.2) is 4.98 Å². The predicted molar refractivity (Wildman–Crippen MR) is 72.2 cm³/mol. The average molecular weight is 306 g/mol. The molecule has 0 unspecified atom stereocenters. The molecule has 0 radical (unpaired) electrons. The summed E-state index contributed by atoms with van der Waals surface area (Å²) in [5, 5.41) is 8.79. The Morgan fingerprint density at radius 3 is 2.61 bits per heavy atom. The third-order valence-corrected chi connectivity index (χ3v) is 3.39. The molecule has 1 aromatic carbocycles. The Morgan fingerprint density at radius 1 is 1.39 bits per heavy atom. The van der Waals surface area contributed by atoms with Crippen LogP contribution in [0, 0.1) is 11.3 Å². The second-order valence-electron chi connectivity index (χ2n) is 3.80. The first-order valence-corrected chi connectivity index (χ1v) is 6.19. The van der Waals surface area contributed by atoms with Crippen LogP contribution >= 0.6 is 15.9 Å². The van der Waals surface area contributed by atoms with E-state index < -0.39 is 0 Å². The second kappa shape index (κ2) is 5.23. The number of aromatic nitrogens is 2. The van der Waals surface area contributed by atoms with Gasteiger partial charge in [0.2, 0.25) is 0 Å². The lowest BCUT2D eigenvalue weighted by Gasteiger charge is -2.05. The van der Waals surface area contributed by atoms with Gasteiger partial charge in [0.1, 0.15) is 16.2 Å². The fraction of sp³-hybridized carbons (Fsp3) is 0.231. The lowest BCUT2D eigenvalue weighted by Crippen LogP contribution is -1.98. The van der Waals surface area contributed by atoms with Gasteiger partial charge < -0.3 is 9.30 Å². The summed E-state index contributed by atoms with van der Waals surface area (Å²) in [5.41, 5.74) is 1.87. The minimum Gasteiger partial charge on any atom is -0.497 e. The molecule has 0 saturated carbocycles. The molecule has 92 valence electrons. The van der Waals surface area contributed by atoms with Crippen molar-refractivity contribution in [3.05, 3.63) is 34.6 Å². The highest BCUT2D eigenvalue weighted by molar-refractivity contribution is 9.10. The van der Waals surface area contributed by atoms with Crippen molar-refractivity contribution < 1.29 is 4.74 Å². The number of hydrogen-bond donors (Lipinski definition) is 0. The molecule has 2 rings (SSSR count). The van der Waals surface area contributed by atoms with Gasteiger partial charge in [-0.05, 0) is 40.2 Å². The van der Waals surface area contributed by atoms with E-state index >= 15 is 0 Å². The zero-order chi connectivity index (χ0) is 13.1. The van der Waals surface area contributed by atoms with Gasteiger partial charge in [0, 0.05) is 12.6 Å². The van der Waals surface area contributed by atoms with Gasteiger partial charge in [-0.2, -0.15) is 5.26 Å². The van der Waals surface area contributed by atoms with Crippen molar-refractivity contribution in [3.63, 3.8) is 0 Å². The van der Waals surface area contributed by atoms with E-state index in [4.69, 9.17) is 10.00 Å². The van der Waals surface area contributed by atoms with Gasteiger partial charge in [0.05, 0.1) is 25.3 Å². The standard InChI is InChI=1S/C13H12BrN3O/c1-17-11(7-8-15)12(14)16-13(17)9-3-5-10(18-2)6-4-9/h3-6H,7H2,1-2H3. The van der Waals surface area contributed by atoms with Crippen LogP contribution < -0.4 is 4.74 Å². The minimum atomic E-state index is 0.334. The molecule has 4 nitrogen and oxygen atoms in total. The molecule has 0 aliphatic rings. The Morgan fingerprint density at radius 2 is 2.06 bits per heavy atom. The Hall–Kier alpha value is -1.80. The average Bonchev–Trinajstić information content (AvgIpc) is 2.67. The first-order chi connectivity index (χ1) is 8.67. The maximum Gasteiger partial charge on any atom is 0.141 e. The van der Waals surface area contributed by atoms with Crippen LogP contribution in [-0.4, -0.2) is 16.7 Å². The predicted octanol–water partition coefficient (Wildman–Crippen LogP) is 2.92. The van der Waals surface area contributed by atoms with Gasteiger partial charge in [-0.3, -0.25) is 0 Å². The summed E-state index contributed by atoms with van der Waals surface area (Å²) in [5.74, 6) is 1.64. The Kier molecular flexibility index (Phi) is 3.68. The van der Waals surface area contributed by atoms with E-state index in [2.05, 4.69) is 27.0 Å². The molecule has 0 saturated heterocycles. The molecule has 0 bridgehead atoms. The minimum absolute atomic E-state index is 0.334. The number of benzene rings is 1. The highest BCUT2D eigenvalue weighted by atomic mass is 79.9. The molecule has 0 fully saturated rings. The quantitative estimate of drug-likeness (QED) is 0.876. The molecule has 18 heavy (non-hydrogen) atoms. The third kappa shape index (κ3) is 2.24. The van der Waals surface area contributed by atoms with Crippen LogP contribution in [0.4, 0.5) is 0 Å². The molecule has 0 spiro atoms. The maximum atomic E-state index is 8.79. The van der Waals surface area contributed by atoms with Crippen molar-refractivity contribution in [1.82, 2.24) is 9.55 Å². The lowest BCUT2D eigenvalue weighted by molar-refractivity contribution is 0.415. The molecule has 5 heteroatoms. The monoisotopic (exact) mass is 305 g/mol. The molecule has 0 amide bonds. The van der Waals surface area contributed by atoms with Crippen molar-refractivity contribution >= 4 is 15.9 Å². The van der Waals surface area contributed by atoms with Gasteiger partial charge >= 0.3 is 0 Å². The summed E-state index contributed by atoms with van der Waals surface area (Å²) in [6.45, 7) is 0. The highest BCUT2D eigenvalue weighted by Gasteiger charge is 2.13. The van der Waals surface area contributed by atoms with Crippen molar-refractivity contribution in [3.8, 4) is 23.2 Å². The Balaban J connectivity index is 2.44. The van der Waals surface area contributed by atoms with E-state index in [9.17, 15) is 0 Å². The number of imidazole rings is 1. The number of nitriles is 1. The number of nitrogens with zero attached hydrogens (tertiary/aromatic N) is 3. The van der Waals surface area contributed by atoms with E-state index in [1.807, 2.05) is 35.9 Å². The Bertz CT molecular complexity index is 596. The van der Waals surface area contributed by atoms with Crippen molar-refractivity contribution in [1.29, 1.82) is 5.26 Å². The summed E-state index contributed by atoms with van der Waals surface area (Å²) >= 11 is 3.39. The first kappa shape index (κ1) is 12.7. The van der Waals surface area contributed by atoms with Gasteiger partial charge in [0.15, 0.2) is 0 Å². The summed E-state index contributed by atoms with van der Waals surface area (Å²) in [4.78, 5) is 4.44. The second-order valence-corrected chi connectivity index (χ2v) is 4.55. The first-order valence-electron chi connectivity index (χ1n) is 5.40. The van der Waals surface area contributed by atoms with Crippen LogP contribution in [0.3, 0.4) is 0 Å². The molecule has 2 aromatic rings. The van der Waals surface area contributed by atoms with Crippen LogP contribution in [0.1, 0.15) is 5.69 Å². The summed E-state index contributed by atoms with van der Waals surface area (Å²) < 4.78 is 7.77. The third-order valence-electron chi connectivity index (χ3n) is 2.76. The smallest absolute Gasteiger partial charge is 0.141 e. The van der Waals surface area contributed by atoms with Crippen LogP contribution in [0.15, 0.2) is 28.9 Å². The van der Waals surface area contributed by atoms with Gasteiger partial charge in [-0.1, -0.05) is 0 Å². The molecule has 0 aliphatic carbocycles. The van der Waals surface area contributed by atoms with Crippen molar-refractivity contribution in [2.45, 2.75) is 6.42 Å². The number of rotatable bonds is 3. The molecular weight excluding hydrogens is 294 g/mol. The zero-order valence-corrected chi connectivity index (χ0v) is 11.7. The SMILES string of the molecule is COc1ccc(-c2nc(Br)c(CC#N)n2C)cc1. The van der Waals surface area contributed by atoms with Crippen LogP contribution in [0.5, 0.6) is 5.75 Å². The van der Waals surface area contributed by atoms with E-state index in [-0.39, 0.29) is 0 Å². The zero-order valence-electron chi connectivity index (χ0n) is 10.1. The van der Waals surface area contributed by atoms with Crippen molar-refractivity contribution in [2.24, 2.45) is 7.05 Å². The number of methoxy groups -OCH3 is 1. The molecule has 0 atom stereocenters. The lowest BCUT2D eigenvalue weighted by atomic mass is 10.2. The summed E-state index contributed by atoms with van der Waals surface area (Å²) in [6.07, 6.45) is 0.334. The fourth-order valence-electron chi connectivity index (χ4n) is 1.76.